The molecular formula is C18H17N3O4S. The van der Waals surface area contributed by atoms with Gasteiger partial charge in [-0.3, -0.25) is 20.4 Å². The summed E-state index contributed by atoms with van der Waals surface area (Å²) < 4.78 is 25.0. The van der Waals surface area contributed by atoms with Crippen LogP contribution in [0.5, 0.6) is 0 Å². The number of aromatic nitrogens is 1. The molecule has 3 aromatic rings. The molecule has 0 atom stereocenters. The van der Waals surface area contributed by atoms with Crippen LogP contribution in [0.2, 0.25) is 0 Å². The molecule has 1 aromatic heterocycles. The summed E-state index contributed by atoms with van der Waals surface area (Å²) in [4.78, 5) is 24.6. The Morgan fingerprint density at radius 3 is 2.38 bits per heavy atom. The van der Waals surface area contributed by atoms with Crippen LogP contribution in [-0.2, 0) is 16.9 Å². The molecule has 134 valence electrons. The third-order valence-corrected chi connectivity index (χ3v) is 5.07. The van der Waals surface area contributed by atoms with Crippen LogP contribution in [0.1, 0.15) is 20.7 Å². The molecule has 1 heterocycles. The van der Waals surface area contributed by atoms with Crippen molar-refractivity contribution in [1.82, 2.24) is 15.4 Å². The number of hydrogen-bond acceptors (Lipinski definition) is 4. The molecule has 2 N–H and O–H groups in total. The Kier molecular flexibility index (Phi) is 4.52. The third-order valence-electron chi connectivity index (χ3n) is 3.96. The van der Waals surface area contributed by atoms with Crippen molar-refractivity contribution in [3.05, 3.63) is 65.9 Å². The molecule has 0 saturated heterocycles. The van der Waals surface area contributed by atoms with E-state index < -0.39 is 21.7 Å². The molecule has 0 bridgehead atoms. The standard InChI is InChI=1S/C18H17N3O4S/c1-21-11-15(14-8-3-4-9-16(14)21)18(23)20-19-17(22)12-6-5-7-13(10-12)26(2,24)25/h3-11H,1-2H3,(H,19,22)(H,20,23). The van der Waals surface area contributed by atoms with Gasteiger partial charge in [0.2, 0.25) is 0 Å². The van der Waals surface area contributed by atoms with E-state index in [4.69, 9.17) is 0 Å². The fraction of sp³-hybridized carbons (Fsp3) is 0.111. The van der Waals surface area contributed by atoms with E-state index in [9.17, 15) is 18.0 Å². The van der Waals surface area contributed by atoms with Crippen LogP contribution in [0.4, 0.5) is 0 Å². The lowest BCUT2D eigenvalue weighted by Gasteiger charge is -2.08. The monoisotopic (exact) mass is 371 g/mol. The van der Waals surface area contributed by atoms with E-state index in [0.717, 1.165) is 17.2 Å². The minimum absolute atomic E-state index is 0.0329. The zero-order valence-electron chi connectivity index (χ0n) is 14.2. The number of nitrogens with zero attached hydrogens (tertiary/aromatic N) is 1. The van der Waals surface area contributed by atoms with E-state index in [1.165, 1.54) is 24.3 Å². The van der Waals surface area contributed by atoms with Gasteiger partial charge in [-0.1, -0.05) is 24.3 Å². The Balaban J connectivity index is 1.76. The normalized spacial score (nSPS) is 11.3. The Bertz CT molecular complexity index is 1120. The maximum atomic E-state index is 12.4. The highest BCUT2D eigenvalue weighted by atomic mass is 32.2. The van der Waals surface area contributed by atoms with E-state index >= 15 is 0 Å². The first-order chi connectivity index (χ1) is 12.3. The summed E-state index contributed by atoms with van der Waals surface area (Å²) in [5.74, 6) is -1.07. The molecule has 26 heavy (non-hydrogen) atoms. The van der Waals surface area contributed by atoms with Crippen LogP contribution >= 0.6 is 0 Å². The molecule has 0 radical (unpaired) electrons. The van der Waals surface area contributed by atoms with Gasteiger partial charge in [-0.2, -0.15) is 0 Å². The molecule has 0 aliphatic carbocycles. The van der Waals surface area contributed by atoms with E-state index in [1.54, 1.807) is 6.20 Å². The quantitative estimate of drug-likeness (QED) is 0.684. The lowest BCUT2D eigenvalue weighted by atomic mass is 10.2. The Morgan fingerprint density at radius 1 is 0.962 bits per heavy atom. The zero-order valence-corrected chi connectivity index (χ0v) is 15.0. The van der Waals surface area contributed by atoms with Crippen LogP contribution in [-0.4, -0.2) is 31.1 Å². The van der Waals surface area contributed by atoms with E-state index in [1.807, 2.05) is 35.9 Å². The van der Waals surface area contributed by atoms with Gasteiger partial charge in [-0.25, -0.2) is 8.42 Å². The number of sulfone groups is 1. The largest absolute Gasteiger partial charge is 0.350 e. The van der Waals surface area contributed by atoms with Gasteiger partial charge in [0.15, 0.2) is 9.84 Å². The van der Waals surface area contributed by atoms with Crippen LogP contribution in [0, 0.1) is 0 Å². The van der Waals surface area contributed by atoms with Gasteiger partial charge in [-0.05, 0) is 24.3 Å². The Hall–Kier alpha value is -3.13. The molecular weight excluding hydrogens is 354 g/mol. The lowest BCUT2D eigenvalue weighted by molar-refractivity contribution is 0.0847. The first-order valence-electron chi connectivity index (χ1n) is 7.72. The van der Waals surface area contributed by atoms with Crippen molar-refractivity contribution >= 4 is 32.6 Å². The Labute approximate surface area is 150 Å². The number of carbonyl (C=O) groups is 2. The summed E-state index contributed by atoms with van der Waals surface area (Å²) >= 11 is 0. The average molecular weight is 371 g/mol. The van der Waals surface area contributed by atoms with Gasteiger partial charge in [0, 0.05) is 36.0 Å². The second kappa shape index (κ2) is 6.64. The van der Waals surface area contributed by atoms with Gasteiger partial charge in [-0.15, -0.1) is 0 Å². The highest BCUT2D eigenvalue weighted by Gasteiger charge is 2.16. The molecule has 0 fully saturated rings. The van der Waals surface area contributed by atoms with Crippen molar-refractivity contribution in [3.8, 4) is 0 Å². The number of hydrogen-bond donors (Lipinski definition) is 2. The van der Waals surface area contributed by atoms with Gasteiger partial charge >= 0.3 is 0 Å². The number of benzene rings is 2. The molecule has 7 nitrogen and oxygen atoms in total. The van der Waals surface area contributed by atoms with Gasteiger partial charge in [0.1, 0.15) is 0 Å². The van der Waals surface area contributed by atoms with Crippen LogP contribution in [0.3, 0.4) is 0 Å². The number of aryl methyl sites for hydroxylation is 1. The van der Waals surface area contributed by atoms with E-state index in [-0.39, 0.29) is 10.5 Å². The molecule has 0 spiro atoms. The maximum absolute atomic E-state index is 12.4. The van der Waals surface area contributed by atoms with Crippen LogP contribution < -0.4 is 10.9 Å². The molecule has 0 aliphatic heterocycles. The summed E-state index contributed by atoms with van der Waals surface area (Å²) in [6.07, 6.45) is 2.74. The topological polar surface area (TPSA) is 97.3 Å². The molecule has 3 rings (SSSR count). The van der Waals surface area contributed by atoms with Crippen LogP contribution in [0.15, 0.2) is 59.6 Å². The van der Waals surface area contributed by atoms with Crippen molar-refractivity contribution in [2.45, 2.75) is 4.90 Å². The number of amides is 2. The maximum Gasteiger partial charge on any atom is 0.271 e. The average Bonchev–Trinajstić information content (AvgIpc) is 2.96. The highest BCUT2D eigenvalue weighted by molar-refractivity contribution is 7.90. The number of para-hydroxylation sites is 1. The summed E-state index contributed by atoms with van der Waals surface area (Å²) in [6.45, 7) is 0. The Morgan fingerprint density at radius 2 is 1.65 bits per heavy atom. The lowest BCUT2D eigenvalue weighted by Crippen LogP contribution is -2.41. The number of nitrogens with one attached hydrogen (secondary N) is 2. The SMILES string of the molecule is Cn1cc(C(=O)NNC(=O)c2cccc(S(C)(=O)=O)c2)c2ccccc21. The smallest absolute Gasteiger partial charge is 0.271 e. The minimum Gasteiger partial charge on any atom is -0.350 e. The van der Waals surface area contributed by atoms with Crippen molar-refractivity contribution in [1.29, 1.82) is 0 Å². The summed E-state index contributed by atoms with van der Waals surface area (Å²) in [5.41, 5.74) is 6.12. The first kappa shape index (κ1) is 17.7. The molecule has 0 unspecified atom stereocenters. The fourth-order valence-electron chi connectivity index (χ4n) is 2.64. The number of fused-ring (bicyclic) bond motifs is 1. The predicted molar refractivity (Wildman–Crippen MR) is 97.4 cm³/mol. The van der Waals surface area contributed by atoms with Crippen molar-refractivity contribution < 1.29 is 18.0 Å². The molecule has 0 saturated carbocycles. The minimum atomic E-state index is -3.42. The van der Waals surface area contributed by atoms with Crippen molar-refractivity contribution in [3.63, 3.8) is 0 Å². The zero-order chi connectivity index (χ0) is 18.9. The van der Waals surface area contributed by atoms with Crippen molar-refractivity contribution in [2.75, 3.05) is 6.26 Å². The predicted octanol–water partition coefficient (Wildman–Crippen LogP) is 1.66. The molecule has 2 aromatic carbocycles. The van der Waals surface area contributed by atoms with Crippen molar-refractivity contribution in [2.24, 2.45) is 7.05 Å². The fourth-order valence-corrected chi connectivity index (χ4v) is 3.31. The molecule has 2 amide bonds. The summed E-state index contributed by atoms with van der Waals surface area (Å²) in [7, 11) is -1.60. The highest BCUT2D eigenvalue weighted by Crippen LogP contribution is 2.19. The van der Waals surface area contributed by atoms with Gasteiger partial charge in [0.25, 0.3) is 11.8 Å². The van der Waals surface area contributed by atoms with Gasteiger partial charge in [0.05, 0.1) is 10.5 Å². The first-order valence-corrected chi connectivity index (χ1v) is 9.61. The number of hydrazine groups is 1. The second-order valence-corrected chi connectivity index (χ2v) is 7.89. The summed E-state index contributed by atoms with van der Waals surface area (Å²) in [5, 5.41) is 0.765. The van der Waals surface area contributed by atoms with E-state index in [0.29, 0.717) is 5.56 Å². The summed E-state index contributed by atoms with van der Waals surface area (Å²) in [6, 6.07) is 13.0. The van der Waals surface area contributed by atoms with Gasteiger partial charge < -0.3 is 4.57 Å². The third kappa shape index (κ3) is 3.45. The van der Waals surface area contributed by atoms with Crippen LogP contribution in [0.25, 0.3) is 10.9 Å². The number of carbonyl (C=O) groups excluding carboxylic acids is 2. The molecule has 8 heteroatoms. The molecule has 0 aliphatic rings. The van der Waals surface area contributed by atoms with E-state index in [2.05, 4.69) is 10.9 Å². The second-order valence-electron chi connectivity index (χ2n) is 5.88. The number of rotatable bonds is 3.